The first-order valence-electron chi connectivity index (χ1n) is 9.83. The van der Waals surface area contributed by atoms with E-state index >= 15 is 0 Å². The fraction of sp³-hybridized carbons (Fsp3) is 0.579. The van der Waals surface area contributed by atoms with Crippen molar-refractivity contribution in [2.45, 2.75) is 36.6 Å². The molecule has 0 spiro atoms. The van der Waals surface area contributed by atoms with Gasteiger partial charge in [-0.3, -0.25) is 9.59 Å². The van der Waals surface area contributed by atoms with Gasteiger partial charge in [0.1, 0.15) is 22.6 Å². The Kier molecular flexibility index (Phi) is 5.32. The van der Waals surface area contributed by atoms with E-state index < -0.39 is 32.6 Å². The molecule has 2 amide bonds. The Balaban J connectivity index is 1.41. The van der Waals surface area contributed by atoms with Gasteiger partial charge in [-0.2, -0.15) is 4.31 Å². The number of piperazine rings is 1. The smallest absolute Gasteiger partial charge is 0.246 e. The Labute approximate surface area is 168 Å². The highest BCUT2D eigenvalue weighted by molar-refractivity contribution is 7.89. The molecule has 2 aliphatic heterocycles. The molecule has 3 fully saturated rings. The fourth-order valence-corrected chi connectivity index (χ4v) is 5.50. The zero-order valence-electron chi connectivity index (χ0n) is 15.9. The van der Waals surface area contributed by atoms with E-state index in [0.29, 0.717) is 19.0 Å². The van der Waals surface area contributed by atoms with Crippen LogP contribution in [0.5, 0.6) is 0 Å². The molecule has 1 aliphatic carbocycles. The molecule has 0 aromatic heterocycles. The molecule has 1 aromatic carbocycles. The van der Waals surface area contributed by atoms with Crippen LogP contribution in [0, 0.1) is 17.6 Å². The molecule has 4 rings (SSSR count). The highest BCUT2D eigenvalue weighted by Gasteiger charge is 2.43. The summed E-state index contributed by atoms with van der Waals surface area (Å²) in [5.74, 6) is -2.03. The van der Waals surface area contributed by atoms with E-state index in [0.717, 1.165) is 35.7 Å². The Hall–Kier alpha value is -2.07. The average Bonchev–Trinajstić information content (AvgIpc) is 3.43. The Morgan fingerprint density at radius 1 is 0.931 bits per heavy atom. The highest BCUT2D eigenvalue weighted by Crippen LogP contribution is 2.34. The summed E-state index contributed by atoms with van der Waals surface area (Å²) in [5.41, 5.74) is 0. The summed E-state index contributed by atoms with van der Waals surface area (Å²) < 4.78 is 53.5. The molecule has 158 valence electrons. The zero-order valence-corrected chi connectivity index (χ0v) is 16.7. The normalized spacial score (nSPS) is 23.4. The van der Waals surface area contributed by atoms with E-state index in [2.05, 4.69) is 0 Å². The minimum absolute atomic E-state index is 0.0220. The van der Waals surface area contributed by atoms with Crippen molar-refractivity contribution in [3.8, 4) is 0 Å². The maximum atomic E-state index is 14.0. The molecule has 10 heteroatoms. The number of amides is 2. The molecule has 7 nitrogen and oxygen atoms in total. The zero-order chi connectivity index (χ0) is 20.8. The summed E-state index contributed by atoms with van der Waals surface area (Å²) in [6, 6.07) is 1.89. The third-order valence-corrected chi connectivity index (χ3v) is 7.74. The number of nitrogens with zero attached hydrogens (tertiary/aromatic N) is 3. The van der Waals surface area contributed by atoms with Crippen LogP contribution in [-0.2, 0) is 19.6 Å². The van der Waals surface area contributed by atoms with Gasteiger partial charge in [0.2, 0.25) is 21.8 Å². The lowest BCUT2D eigenvalue weighted by molar-refractivity contribution is -0.145. The molecule has 0 radical (unpaired) electrons. The van der Waals surface area contributed by atoms with Crippen LogP contribution in [0.1, 0.15) is 25.7 Å². The third-order valence-electron chi connectivity index (χ3n) is 5.81. The van der Waals surface area contributed by atoms with E-state index in [9.17, 15) is 26.8 Å². The Bertz CT molecular complexity index is 927. The van der Waals surface area contributed by atoms with Crippen LogP contribution in [0.25, 0.3) is 0 Å². The van der Waals surface area contributed by atoms with Crippen molar-refractivity contribution in [2.75, 3.05) is 32.7 Å². The number of halogens is 2. The van der Waals surface area contributed by atoms with Crippen molar-refractivity contribution < 1.29 is 26.8 Å². The molecule has 2 saturated heterocycles. The van der Waals surface area contributed by atoms with Crippen LogP contribution in [0.3, 0.4) is 0 Å². The fourth-order valence-electron chi connectivity index (χ4n) is 4.04. The van der Waals surface area contributed by atoms with Gasteiger partial charge in [-0.15, -0.1) is 0 Å². The number of carbonyl (C=O) groups is 2. The van der Waals surface area contributed by atoms with Gasteiger partial charge >= 0.3 is 0 Å². The lowest BCUT2D eigenvalue weighted by Crippen LogP contribution is -2.55. The molecular formula is C19H23F2N3O4S. The molecule has 1 saturated carbocycles. The number of hydrogen-bond acceptors (Lipinski definition) is 4. The van der Waals surface area contributed by atoms with Gasteiger partial charge in [0, 0.05) is 44.7 Å². The highest BCUT2D eigenvalue weighted by atomic mass is 32.2. The van der Waals surface area contributed by atoms with Crippen LogP contribution in [0.2, 0.25) is 0 Å². The summed E-state index contributed by atoms with van der Waals surface area (Å²) in [7, 11) is -4.12. The van der Waals surface area contributed by atoms with Crippen LogP contribution in [0.4, 0.5) is 8.78 Å². The van der Waals surface area contributed by atoms with Gasteiger partial charge in [0.05, 0.1) is 0 Å². The number of sulfonamides is 1. The van der Waals surface area contributed by atoms with Crippen LogP contribution >= 0.6 is 0 Å². The number of hydrogen-bond donors (Lipinski definition) is 0. The standard InChI is InChI=1S/C19H23F2N3O4S/c20-14-5-6-17(15(21)12-14)29(27,28)23-10-8-22(9-11-23)19(26)16-2-1-7-24(16)18(25)13-3-4-13/h5-6,12-13,16H,1-4,7-11H2. The molecule has 29 heavy (non-hydrogen) atoms. The summed E-state index contributed by atoms with van der Waals surface area (Å²) in [6.45, 7) is 0.970. The second-order valence-electron chi connectivity index (χ2n) is 7.77. The Morgan fingerprint density at radius 3 is 2.24 bits per heavy atom. The van der Waals surface area contributed by atoms with Crippen LogP contribution < -0.4 is 0 Å². The van der Waals surface area contributed by atoms with Gasteiger partial charge in [0.25, 0.3) is 0 Å². The van der Waals surface area contributed by atoms with Crippen molar-refractivity contribution in [1.29, 1.82) is 0 Å². The quantitative estimate of drug-likeness (QED) is 0.724. The second-order valence-corrected chi connectivity index (χ2v) is 9.67. The minimum Gasteiger partial charge on any atom is -0.338 e. The molecule has 2 heterocycles. The van der Waals surface area contributed by atoms with Crippen molar-refractivity contribution in [1.82, 2.24) is 14.1 Å². The molecule has 1 aromatic rings. The van der Waals surface area contributed by atoms with E-state index in [-0.39, 0.29) is 43.9 Å². The molecule has 1 unspecified atom stereocenters. The van der Waals surface area contributed by atoms with Crippen molar-refractivity contribution in [2.24, 2.45) is 5.92 Å². The van der Waals surface area contributed by atoms with Crippen LogP contribution in [-0.4, -0.2) is 73.1 Å². The van der Waals surface area contributed by atoms with E-state index in [4.69, 9.17) is 0 Å². The minimum atomic E-state index is -4.12. The van der Waals surface area contributed by atoms with Crippen molar-refractivity contribution in [3.05, 3.63) is 29.8 Å². The largest absolute Gasteiger partial charge is 0.338 e. The van der Waals surface area contributed by atoms with Gasteiger partial charge in [0.15, 0.2) is 0 Å². The maximum absolute atomic E-state index is 14.0. The monoisotopic (exact) mass is 427 g/mol. The summed E-state index contributed by atoms with van der Waals surface area (Å²) in [4.78, 5) is 28.0. The molecule has 3 aliphatic rings. The van der Waals surface area contributed by atoms with Gasteiger partial charge in [-0.05, 0) is 37.8 Å². The lowest BCUT2D eigenvalue weighted by atomic mass is 10.1. The summed E-state index contributed by atoms with van der Waals surface area (Å²) in [6.07, 6.45) is 3.17. The Morgan fingerprint density at radius 2 is 1.62 bits per heavy atom. The van der Waals surface area contributed by atoms with Gasteiger partial charge in [-0.1, -0.05) is 0 Å². The topological polar surface area (TPSA) is 78.0 Å². The predicted molar refractivity (Wildman–Crippen MR) is 99.2 cm³/mol. The molecule has 0 N–H and O–H groups in total. The van der Waals surface area contributed by atoms with E-state index in [1.807, 2.05) is 0 Å². The summed E-state index contributed by atoms with van der Waals surface area (Å²) >= 11 is 0. The van der Waals surface area contributed by atoms with Gasteiger partial charge in [-0.25, -0.2) is 17.2 Å². The SMILES string of the molecule is O=C(C1CCCN1C(=O)C1CC1)N1CCN(S(=O)(=O)c2ccc(F)cc2F)CC1. The van der Waals surface area contributed by atoms with Crippen LogP contribution in [0.15, 0.2) is 23.1 Å². The average molecular weight is 427 g/mol. The number of likely N-dealkylation sites (tertiary alicyclic amines) is 1. The summed E-state index contributed by atoms with van der Waals surface area (Å²) in [5, 5.41) is 0. The van der Waals surface area contributed by atoms with Crippen molar-refractivity contribution >= 4 is 21.8 Å². The van der Waals surface area contributed by atoms with E-state index in [1.54, 1.807) is 9.80 Å². The first-order valence-corrected chi connectivity index (χ1v) is 11.3. The van der Waals surface area contributed by atoms with Gasteiger partial charge < -0.3 is 9.80 Å². The molecular weight excluding hydrogens is 404 g/mol. The maximum Gasteiger partial charge on any atom is 0.246 e. The third kappa shape index (κ3) is 3.87. The number of benzene rings is 1. The first kappa shape index (κ1) is 20.2. The molecule has 1 atom stereocenters. The number of rotatable bonds is 4. The second kappa shape index (κ2) is 7.64. The number of carbonyl (C=O) groups excluding carboxylic acids is 2. The van der Waals surface area contributed by atoms with Crippen molar-refractivity contribution in [3.63, 3.8) is 0 Å². The van der Waals surface area contributed by atoms with E-state index in [1.165, 1.54) is 0 Å². The lowest BCUT2D eigenvalue weighted by Gasteiger charge is -2.36. The molecule has 0 bridgehead atoms. The predicted octanol–water partition coefficient (Wildman–Crippen LogP) is 1.20. The first-order chi connectivity index (χ1) is 13.8.